The minimum absolute atomic E-state index is 0.242. The Kier molecular flexibility index (Phi) is 8.28. The number of amides is 1. The number of hydrogen-bond acceptors (Lipinski definition) is 4. The van der Waals surface area contributed by atoms with E-state index in [9.17, 15) is 4.79 Å². The molecule has 1 saturated heterocycles. The van der Waals surface area contributed by atoms with Gasteiger partial charge in [0.1, 0.15) is 5.75 Å². The lowest BCUT2D eigenvalue weighted by Gasteiger charge is -2.34. The lowest BCUT2D eigenvalue weighted by molar-refractivity contribution is -0.132. The first kappa shape index (κ1) is 21.1. The maximum absolute atomic E-state index is 12.4. The van der Waals surface area contributed by atoms with E-state index in [-0.39, 0.29) is 5.91 Å². The summed E-state index contributed by atoms with van der Waals surface area (Å²) in [7, 11) is 1.67. The summed E-state index contributed by atoms with van der Waals surface area (Å²) in [6, 6.07) is 18.3. The summed E-state index contributed by atoms with van der Waals surface area (Å²) in [5.74, 6) is 1.10. The minimum Gasteiger partial charge on any atom is -0.497 e. The average molecular weight is 394 g/mol. The molecule has 0 unspecified atom stereocenters. The van der Waals surface area contributed by atoms with Gasteiger partial charge in [0.2, 0.25) is 5.91 Å². The Morgan fingerprint density at radius 1 is 1.03 bits per heavy atom. The van der Waals surface area contributed by atoms with Gasteiger partial charge in [-0.1, -0.05) is 54.6 Å². The molecule has 1 N–H and O–H groups in total. The fraction of sp³-hybridized carbons (Fsp3) is 0.375. The SMILES string of the molecule is COc1ccc(CNCCC(=O)N2CCN(C/C=C/c3ccccc3)CC2)cc1. The van der Waals surface area contributed by atoms with E-state index in [0.29, 0.717) is 13.0 Å². The second kappa shape index (κ2) is 11.4. The number of piperazine rings is 1. The van der Waals surface area contributed by atoms with E-state index in [1.807, 2.05) is 35.2 Å². The standard InChI is InChI=1S/C24H31N3O2/c1-29-23-11-9-22(10-12-23)20-25-14-13-24(28)27-18-16-26(17-19-27)15-5-8-21-6-3-2-4-7-21/h2-12,25H,13-20H2,1H3/b8-5+. The molecule has 2 aromatic carbocycles. The molecule has 5 nitrogen and oxygen atoms in total. The van der Waals surface area contributed by atoms with Crippen molar-refractivity contribution in [3.63, 3.8) is 0 Å². The average Bonchev–Trinajstić information content (AvgIpc) is 2.78. The Balaban J connectivity index is 1.29. The number of nitrogens with one attached hydrogen (secondary N) is 1. The predicted octanol–water partition coefficient (Wildman–Crippen LogP) is 3.03. The lowest BCUT2D eigenvalue weighted by atomic mass is 10.2. The third-order valence-electron chi connectivity index (χ3n) is 5.20. The van der Waals surface area contributed by atoms with Crippen LogP contribution in [0.5, 0.6) is 5.75 Å². The van der Waals surface area contributed by atoms with E-state index in [1.165, 1.54) is 11.1 Å². The predicted molar refractivity (Wildman–Crippen MR) is 118 cm³/mol. The quantitative estimate of drug-likeness (QED) is 0.665. The summed E-state index contributed by atoms with van der Waals surface area (Å²) < 4.78 is 5.17. The number of rotatable bonds is 9. The molecule has 0 spiro atoms. The van der Waals surface area contributed by atoms with Gasteiger partial charge in [-0.15, -0.1) is 0 Å². The number of ether oxygens (including phenoxy) is 1. The van der Waals surface area contributed by atoms with Crippen molar-refractivity contribution in [3.8, 4) is 5.75 Å². The fourth-order valence-corrected chi connectivity index (χ4v) is 3.41. The van der Waals surface area contributed by atoms with Gasteiger partial charge in [0.05, 0.1) is 7.11 Å². The van der Waals surface area contributed by atoms with Gasteiger partial charge in [-0.25, -0.2) is 0 Å². The topological polar surface area (TPSA) is 44.8 Å². The van der Waals surface area contributed by atoms with Gasteiger partial charge in [-0.05, 0) is 23.3 Å². The summed E-state index contributed by atoms with van der Waals surface area (Å²) in [6.45, 7) is 5.89. The number of carbonyl (C=O) groups is 1. The molecule has 0 atom stereocenters. The lowest BCUT2D eigenvalue weighted by Crippen LogP contribution is -2.49. The molecular weight excluding hydrogens is 362 g/mol. The molecule has 1 aliphatic rings. The van der Waals surface area contributed by atoms with E-state index in [0.717, 1.165) is 45.0 Å². The van der Waals surface area contributed by atoms with Gasteiger partial charge in [-0.2, -0.15) is 0 Å². The monoisotopic (exact) mass is 393 g/mol. The third-order valence-corrected chi connectivity index (χ3v) is 5.20. The number of nitrogens with zero attached hydrogens (tertiary/aromatic N) is 2. The number of hydrogen-bond donors (Lipinski definition) is 1. The zero-order chi connectivity index (χ0) is 20.3. The molecule has 0 aliphatic carbocycles. The minimum atomic E-state index is 0.242. The van der Waals surface area contributed by atoms with E-state index in [2.05, 4.69) is 46.6 Å². The van der Waals surface area contributed by atoms with Gasteiger partial charge in [0, 0.05) is 52.2 Å². The molecule has 154 valence electrons. The van der Waals surface area contributed by atoms with Crippen LogP contribution in [0.25, 0.3) is 6.08 Å². The van der Waals surface area contributed by atoms with Crippen LogP contribution in [0.3, 0.4) is 0 Å². The zero-order valence-electron chi connectivity index (χ0n) is 17.2. The molecule has 0 radical (unpaired) electrons. The second-order valence-corrected chi connectivity index (χ2v) is 7.27. The summed E-state index contributed by atoms with van der Waals surface area (Å²) >= 11 is 0. The van der Waals surface area contributed by atoms with Crippen molar-refractivity contribution in [2.75, 3.05) is 46.4 Å². The Hall–Kier alpha value is -2.63. The summed E-state index contributed by atoms with van der Waals surface area (Å²) in [6.07, 6.45) is 4.91. The molecule has 29 heavy (non-hydrogen) atoms. The van der Waals surface area contributed by atoms with Crippen molar-refractivity contribution in [2.45, 2.75) is 13.0 Å². The number of methoxy groups -OCH3 is 1. The maximum Gasteiger partial charge on any atom is 0.223 e. The molecule has 3 rings (SSSR count). The molecule has 2 aromatic rings. The Morgan fingerprint density at radius 3 is 2.45 bits per heavy atom. The number of benzene rings is 2. The Bertz CT molecular complexity index is 766. The highest BCUT2D eigenvalue weighted by atomic mass is 16.5. The van der Waals surface area contributed by atoms with Gasteiger partial charge < -0.3 is 15.0 Å². The first-order chi connectivity index (χ1) is 14.2. The van der Waals surface area contributed by atoms with Crippen LogP contribution in [0, 0.1) is 0 Å². The van der Waals surface area contributed by atoms with Crippen molar-refractivity contribution in [1.82, 2.24) is 15.1 Å². The maximum atomic E-state index is 12.4. The Morgan fingerprint density at radius 2 is 1.76 bits per heavy atom. The first-order valence-electron chi connectivity index (χ1n) is 10.3. The van der Waals surface area contributed by atoms with Gasteiger partial charge in [0.25, 0.3) is 0 Å². The van der Waals surface area contributed by atoms with Gasteiger partial charge >= 0.3 is 0 Å². The van der Waals surface area contributed by atoms with Crippen molar-refractivity contribution in [2.24, 2.45) is 0 Å². The molecule has 1 fully saturated rings. The van der Waals surface area contributed by atoms with Crippen LogP contribution in [0.4, 0.5) is 0 Å². The van der Waals surface area contributed by atoms with Crippen LogP contribution in [-0.4, -0.2) is 62.1 Å². The smallest absolute Gasteiger partial charge is 0.223 e. The normalized spacial score (nSPS) is 15.0. The van der Waals surface area contributed by atoms with Crippen molar-refractivity contribution >= 4 is 12.0 Å². The molecule has 1 heterocycles. The zero-order valence-corrected chi connectivity index (χ0v) is 17.2. The largest absolute Gasteiger partial charge is 0.497 e. The van der Waals surface area contributed by atoms with Crippen LogP contribution in [-0.2, 0) is 11.3 Å². The number of carbonyl (C=O) groups excluding carboxylic acids is 1. The molecule has 5 heteroatoms. The fourth-order valence-electron chi connectivity index (χ4n) is 3.41. The Labute approximate surface area is 174 Å². The van der Waals surface area contributed by atoms with Crippen LogP contribution >= 0.6 is 0 Å². The molecular formula is C24H31N3O2. The van der Waals surface area contributed by atoms with Crippen molar-refractivity contribution in [1.29, 1.82) is 0 Å². The molecule has 0 saturated carbocycles. The van der Waals surface area contributed by atoms with E-state index < -0.39 is 0 Å². The highest BCUT2D eigenvalue weighted by molar-refractivity contribution is 5.76. The van der Waals surface area contributed by atoms with E-state index in [1.54, 1.807) is 7.11 Å². The third kappa shape index (κ3) is 7.04. The van der Waals surface area contributed by atoms with E-state index >= 15 is 0 Å². The summed E-state index contributed by atoms with van der Waals surface area (Å²) in [5, 5.41) is 3.35. The van der Waals surface area contributed by atoms with Crippen molar-refractivity contribution < 1.29 is 9.53 Å². The van der Waals surface area contributed by atoms with Crippen LogP contribution in [0.1, 0.15) is 17.5 Å². The summed E-state index contributed by atoms with van der Waals surface area (Å²) in [4.78, 5) is 16.8. The van der Waals surface area contributed by atoms with Crippen LogP contribution in [0.2, 0.25) is 0 Å². The first-order valence-corrected chi connectivity index (χ1v) is 10.3. The molecule has 1 aliphatic heterocycles. The van der Waals surface area contributed by atoms with Gasteiger partial charge in [-0.3, -0.25) is 9.69 Å². The molecule has 0 aromatic heterocycles. The highest BCUT2D eigenvalue weighted by Gasteiger charge is 2.19. The molecule has 0 bridgehead atoms. The van der Waals surface area contributed by atoms with Crippen LogP contribution in [0.15, 0.2) is 60.7 Å². The van der Waals surface area contributed by atoms with Crippen LogP contribution < -0.4 is 10.1 Å². The van der Waals surface area contributed by atoms with E-state index in [4.69, 9.17) is 4.74 Å². The summed E-state index contributed by atoms with van der Waals surface area (Å²) in [5.41, 5.74) is 2.42. The second-order valence-electron chi connectivity index (χ2n) is 7.27. The molecule has 1 amide bonds. The highest BCUT2D eigenvalue weighted by Crippen LogP contribution is 2.11. The van der Waals surface area contributed by atoms with Gasteiger partial charge in [0.15, 0.2) is 0 Å². The van der Waals surface area contributed by atoms with Crippen molar-refractivity contribution in [3.05, 3.63) is 71.8 Å².